The minimum Gasteiger partial charge on any atom is -0.372 e. The number of hydrogen-bond acceptors (Lipinski definition) is 2. The Kier molecular flexibility index (Phi) is 3.55. The van der Waals surface area contributed by atoms with Crippen molar-refractivity contribution in [2.75, 3.05) is 12.4 Å². The molecule has 0 saturated heterocycles. The van der Waals surface area contributed by atoms with Crippen LogP contribution in [-0.2, 0) is 0 Å². The molecule has 4 heteroatoms. The summed E-state index contributed by atoms with van der Waals surface area (Å²) in [4.78, 5) is 4.42. The number of hydrogen-bond donors (Lipinski definition) is 1. The molecule has 88 valence electrons. The molecule has 0 bridgehead atoms. The fraction of sp³-hybridized carbons (Fsp3) is 0.154. The zero-order valence-electron chi connectivity index (χ0n) is 9.59. The predicted octanol–water partition coefficient (Wildman–Crippen LogP) is 4.41. The van der Waals surface area contributed by atoms with Gasteiger partial charge in [-0.05, 0) is 13.0 Å². The normalized spacial score (nSPS) is 10.4. The van der Waals surface area contributed by atoms with Gasteiger partial charge in [0.05, 0.1) is 15.7 Å². The largest absolute Gasteiger partial charge is 0.372 e. The fourth-order valence-corrected chi connectivity index (χ4v) is 2.12. The summed E-state index contributed by atoms with van der Waals surface area (Å²) in [5.41, 5.74) is 2.92. The Balaban J connectivity index is 2.55. The summed E-state index contributed by atoms with van der Waals surface area (Å²) in [6.45, 7) is 2.04. The number of nitrogens with zero attached hydrogens (tertiary/aromatic N) is 1. The van der Waals surface area contributed by atoms with Crippen LogP contribution in [0.3, 0.4) is 0 Å². The number of benzene rings is 1. The lowest BCUT2D eigenvalue weighted by Crippen LogP contribution is -1.96. The van der Waals surface area contributed by atoms with E-state index < -0.39 is 0 Å². The zero-order valence-corrected chi connectivity index (χ0v) is 11.1. The van der Waals surface area contributed by atoms with Gasteiger partial charge in [-0.2, -0.15) is 0 Å². The van der Waals surface area contributed by atoms with E-state index in [0.29, 0.717) is 15.9 Å². The van der Waals surface area contributed by atoms with Crippen LogP contribution in [-0.4, -0.2) is 12.0 Å². The maximum atomic E-state index is 6.16. The quantitative estimate of drug-likeness (QED) is 0.871. The molecule has 0 fully saturated rings. The first-order chi connectivity index (χ1) is 8.11. The van der Waals surface area contributed by atoms with Crippen LogP contribution in [0, 0.1) is 6.92 Å². The second-order valence-electron chi connectivity index (χ2n) is 3.77. The van der Waals surface area contributed by atoms with E-state index in [2.05, 4.69) is 10.3 Å². The summed E-state index contributed by atoms with van der Waals surface area (Å²) in [7, 11) is 1.78. The lowest BCUT2D eigenvalue weighted by molar-refractivity contribution is 1.28. The highest BCUT2D eigenvalue weighted by atomic mass is 35.5. The van der Waals surface area contributed by atoms with E-state index in [9.17, 15) is 0 Å². The van der Waals surface area contributed by atoms with Crippen LogP contribution < -0.4 is 5.32 Å². The van der Waals surface area contributed by atoms with E-state index in [-0.39, 0.29) is 0 Å². The molecule has 0 aliphatic heterocycles. The third kappa shape index (κ3) is 2.54. The zero-order chi connectivity index (χ0) is 12.4. The molecular formula is C13H12Cl2N2. The highest BCUT2D eigenvalue weighted by Gasteiger charge is 2.09. The molecule has 0 spiro atoms. The molecule has 0 aliphatic carbocycles. The van der Waals surface area contributed by atoms with Crippen LogP contribution in [0.1, 0.15) is 5.56 Å². The lowest BCUT2D eigenvalue weighted by Gasteiger charge is -2.08. The number of aromatic nitrogens is 1. The van der Waals surface area contributed by atoms with Crippen molar-refractivity contribution in [2.24, 2.45) is 0 Å². The van der Waals surface area contributed by atoms with Crippen molar-refractivity contribution in [3.8, 4) is 11.3 Å². The van der Waals surface area contributed by atoms with Gasteiger partial charge in [0.25, 0.3) is 0 Å². The van der Waals surface area contributed by atoms with Crippen LogP contribution in [0.2, 0.25) is 10.0 Å². The second-order valence-corrected chi connectivity index (χ2v) is 4.58. The number of anilines is 1. The predicted molar refractivity (Wildman–Crippen MR) is 74.0 cm³/mol. The van der Waals surface area contributed by atoms with Gasteiger partial charge in [-0.3, -0.25) is 0 Å². The van der Waals surface area contributed by atoms with Gasteiger partial charge in [0.2, 0.25) is 0 Å². The van der Waals surface area contributed by atoms with Crippen molar-refractivity contribution < 1.29 is 0 Å². The third-order valence-electron chi connectivity index (χ3n) is 2.49. The summed E-state index contributed by atoms with van der Waals surface area (Å²) < 4.78 is 0. The number of pyridine rings is 1. The Morgan fingerprint density at radius 3 is 2.29 bits per heavy atom. The molecule has 1 aromatic heterocycles. The van der Waals surface area contributed by atoms with Crippen LogP contribution in [0.25, 0.3) is 11.3 Å². The molecule has 0 amide bonds. The van der Waals surface area contributed by atoms with Crippen LogP contribution in [0.4, 0.5) is 5.82 Å². The number of halogens is 2. The van der Waals surface area contributed by atoms with Gasteiger partial charge in [0.15, 0.2) is 0 Å². The minimum atomic E-state index is 0.522. The Bertz CT molecular complexity index is 536. The summed E-state index contributed by atoms with van der Waals surface area (Å²) in [6.07, 6.45) is 0. The Morgan fingerprint density at radius 1 is 1.06 bits per heavy atom. The molecule has 0 aliphatic rings. The molecule has 0 radical (unpaired) electrons. The lowest BCUT2D eigenvalue weighted by atomic mass is 10.1. The molecule has 1 aromatic carbocycles. The van der Waals surface area contributed by atoms with E-state index in [1.807, 2.05) is 31.2 Å². The topological polar surface area (TPSA) is 24.9 Å². The van der Waals surface area contributed by atoms with Gasteiger partial charge in [-0.15, -0.1) is 0 Å². The average molecular weight is 267 g/mol. The first-order valence-corrected chi connectivity index (χ1v) is 5.98. The summed E-state index contributed by atoms with van der Waals surface area (Å²) >= 11 is 12.2. The van der Waals surface area contributed by atoms with Gasteiger partial charge in [-0.25, -0.2) is 4.98 Å². The molecule has 2 nitrogen and oxygen atoms in total. The van der Waals surface area contributed by atoms with Crippen molar-refractivity contribution in [2.45, 2.75) is 6.92 Å². The molecule has 17 heavy (non-hydrogen) atoms. The van der Waals surface area contributed by atoms with Crippen molar-refractivity contribution in [3.63, 3.8) is 0 Å². The van der Waals surface area contributed by atoms with Crippen LogP contribution in [0.5, 0.6) is 0 Å². The van der Waals surface area contributed by atoms with E-state index in [4.69, 9.17) is 23.2 Å². The summed E-state index contributed by atoms with van der Waals surface area (Å²) in [5.74, 6) is 0.631. The summed E-state index contributed by atoms with van der Waals surface area (Å²) in [5, 5.41) is 4.02. The third-order valence-corrected chi connectivity index (χ3v) is 3.07. The van der Waals surface area contributed by atoms with Gasteiger partial charge >= 0.3 is 0 Å². The molecule has 2 aromatic rings. The highest BCUT2D eigenvalue weighted by Crippen LogP contribution is 2.32. The van der Waals surface area contributed by atoms with Crippen molar-refractivity contribution in [3.05, 3.63) is 45.9 Å². The smallest absolute Gasteiger partial charge is 0.145 e. The molecule has 1 heterocycles. The van der Waals surface area contributed by atoms with Crippen molar-refractivity contribution in [1.29, 1.82) is 0 Å². The fourth-order valence-electron chi connectivity index (χ4n) is 1.56. The van der Waals surface area contributed by atoms with Gasteiger partial charge in [0, 0.05) is 12.6 Å². The van der Waals surface area contributed by atoms with E-state index in [1.54, 1.807) is 13.1 Å². The molecule has 0 unspecified atom stereocenters. The van der Waals surface area contributed by atoms with Gasteiger partial charge in [-0.1, -0.05) is 53.0 Å². The Hall–Kier alpha value is -1.25. The molecule has 0 atom stereocenters. The van der Waals surface area contributed by atoms with Crippen LogP contribution >= 0.6 is 23.2 Å². The maximum absolute atomic E-state index is 6.16. The Morgan fingerprint density at radius 2 is 1.71 bits per heavy atom. The second kappa shape index (κ2) is 4.94. The number of aryl methyl sites for hydroxylation is 1. The van der Waals surface area contributed by atoms with Crippen molar-refractivity contribution >= 4 is 29.0 Å². The highest BCUT2D eigenvalue weighted by molar-refractivity contribution is 6.37. The van der Waals surface area contributed by atoms with Gasteiger partial charge in [0.1, 0.15) is 5.82 Å². The molecule has 2 rings (SSSR count). The van der Waals surface area contributed by atoms with Crippen LogP contribution in [0.15, 0.2) is 30.3 Å². The minimum absolute atomic E-state index is 0.522. The molecular weight excluding hydrogens is 255 g/mol. The van der Waals surface area contributed by atoms with E-state index in [0.717, 1.165) is 11.3 Å². The first kappa shape index (κ1) is 12.2. The SMILES string of the molecule is CNc1nc(-c2ccc(C)cc2)c(Cl)cc1Cl. The van der Waals surface area contributed by atoms with E-state index >= 15 is 0 Å². The van der Waals surface area contributed by atoms with Gasteiger partial charge < -0.3 is 5.32 Å². The molecule has 1 N–H and O–H groups in total. The molecule has 0 saturated carbocycles. The summed E-state index contributed by atoms with van der Waals surface area (Å²) in [6, 6.07) is 9.76. The Labute approximate surface area is 111 Å². The first-order valence-electron chi connectivity index (χ1n) is 5.22. The standard InChI is InChI=1S/C13H12Cl2N2/c1-8-3-5-9(6-4-8)12-10(14)7-11(15)13(16-2)17-12/h3-7H,1-2H3,(H,16,17). The maximum Gasteiger partial charge on any atom is 0.145 e. The number of rotatable bonds is 2. The average Bonchev–Trinajstić information content (AvgIpc) is 2.31. The number of nitrogens with one attached hydrogen (secondary N) is 1. The van der Waals surface area contributed by atoms with E-state index in [1.165, 1.54) is 5.56 Å². The van der Waals surface area contributed by atoms with Crippen molar-refractivity contribution in [1.82, 2.24) is 4.98 Å². The monoisotopic (exact) mass is 266 g/mol.